The van der Waals surface area contributed by atoms with E-state index in [-0.39, 0.29) is 12.1 Å². The van der Waals surface area contributed by atoms with Crippen molar-refractivity contribution in [2.45, 2.75) is 33.2 Å². The number of carbonyl (C=O) groups is 1. The first-order valence-corrected chi connectivity index (χ1v) is 8.99. The van der Waals surface area contributed by atoms with Gasteiger partial charge in [0.25, 0.3) is 0 Å². The molecule has 0 spiro atoms. The molecule has 25 heavy (non-hydrogen) atoms. The molecule has 1 fully saturated rings. The summed E-state index contributed by atoms with van der Waals surface area (Å²) in [5, 5.41) is 3.18. The van der Waals surface area contributed by atoms with Crippen LogP contribution in [0, 0.1) is 0 Å². The maximum atomic E-state index is 11.6. The Morgan fingerprint density at radius 1 is 1.32 bits per heavy atom. The Bertz CT molecular complexity index is 696. The Balaban J connectivity index is 0.000000701. The molecule has 0 saturated carbocycles. The standard InChI is InChI=1S/C14H14BrN5O2.C3H8/c1-9(11-3-2-10(15)8-17-11)18-13-16-5-4-12(19-13)20-6-7-22-14(20)21;1-3-2/h2-5,8-9H,6-7H2,1H3,(H,16,18,19);3H2,1-2H3/t9-;/m0./s1. The fraction of sp³-hybridized carbons (Fsp3) is 0.412. The third-order valence-electron chi connectivity index (χ3n) is 3.22. The van der Waals surface area contributed by atoms with E-state index in [0.717, 1.165) is 10.2 Å². The highest BCUT2D eigenvalue weighted by atomic mass is 79.9. The number of halogens is 1. The Morgan fingerprint density at radius 2 is 2.08 bits per heavy atom. The molecule has 1 aliphatic rings. The van der Waals surface area contributed by atoms with Gasteiger partial charge in [0.15, 0.2) is 0 Å². The molecule has 3 rings (SSSR count). The smallest absolute Gasteiger partial charge is 0.415 e. The molecule has 0 unspecified atom stereocenters. The summed E-state index contributed by atoms with van der Waals surface area (Å²) < 4.78 is 5.84. The third-order valence-corrected chi connectivity index (χ3v) is 3.69. The van der Waals surface area contributed by atoms with Crippen LogP contribution >= 0.6 is 15.9 Å². The number of aromatic nitrogens is 3. The van der Waals surface area contributed by atoms with E-state index in [2.05, 4.69) is 50.0 Å². The van der Waals surface area contributed by atoms with Gasteiger partial charge in [-0.05, 0) is 41.1 Å². The van der Waals surface area contributed by atoms with Crippen LogP contribution in [0.5, 0.6) is 0 Å². The van der Waals surface area contributed by atoms with Crippen molar-refractivity contribution in [1.29, 1.82) is 0 Å². The van der Waals surface area contributed by atoms with E-state index in [1.807, 2.05) is 19.1 Å². The molecular weight excluding hydrogens is 386 g/mol. The molecule has 1 amide bonds. The van der Waals surface area contributed by atoms with E-state index in [9.17, 15) is 4.79 Å². The van der Waals surface area contributed by atoms with Gasteiger partial charge >= 0.3 is 6.09 Å². The van der Waals surface area contributed by atoms with Crippen LogP contribution in [0.2, 0.25) is 0 Å². The van der Waals surface area contributed by atoms with Crippen molar-refractivity contribution in [1.82, 2.24) is 15.0 Å². The molecule has 1 saturated heterocycles. The van der Waals surface area contributed by atoms with Crippen LogP contribution in [-0.4, -0.2) is 34.2 Å². The highest BCUT2D eigenvalue weighted by Crippen LogP contribution is 2.20. The summed E-state index contributed by atoms with van der Waals surface area (Å²) in [7, 11) is 0. The number of hydrogen-bond acceptors (Lipinski definition) is 6. The molecule has 1 atom stereocenters. The van der Waals surface area contributed by atoms with Gasteiger partial charge in [0.05, 0.1) is 18.3 Å². The lowest BCUT2D eigenvalue weighted by molar-refractivity contribution is 0.181. The highest BCUT2D eigenvalue weighted by molar-refractivity contribution is 9.10. The third kappa shape index (κ3) is 5.38. The molecule has 0 bridgehead atoms. The zero-order valence-electron chi connectivity index (χ0n) is 14.6. The molecule has 1 aliphatic heterocycles. The second-order valence-electron chi connectivity index (χ2n) is 5.48. The van der Waals surface area contributed by atoms with Crippen molar-refractivity contribution in [2.75, 3.05) is 23.4 Å². The quantitative estimate of drug-likeness (QED) is 0.818. The largest absolute Gasteiger partial charge is 0.447 e. The fourth-order valence-corrected chi connectivity index (χ4v) is 2.32. The summed E-state index contributed by atoms with van der Waals surface area (Å²) in [6.45, 7) is 7.10. The molecule has 2 aromatic rings. The lowest BCUT2D eigenvalue weighted by Gasteiger charge is -2.16. The first-order chi connectivity index (χ1) is 12.0. The summed E-state index contributed by atoms with van der Waals surface area (Å²) in [6, 6.07) is 5.47. The number of rotatable bonds is 4. The molecular formula is C17H22BrN5O2. The van der Waals surface area contributed by atoms with E-state index < -0.39 is 0 Å². The average Bonchev–Trinajstić information content (AvgIpc) is 3.02. The number of hydrogen-bond donors (Lipinski definition) is 1. The van der Waals surface area contributed by atoms with Crippen LogP contribution in [0.25, 0.3) is 0 Å². The Hall–Kier alpha value is -2.22. The van der Waals surface area contributed by atoms with E-state index >= 15 is 0 Å². The number of nitrogens with zero attached hydrogens (tertiary/aromatic N) is 4. The van der Waals surface area contributed by atoms with Crippen LogP contribution < -0.4 is 10.2 Å². The van der Waals surface area contributed by atoms with Gasteiger partial charge < -0.3 is 10.1 Å². The zero-order chi connectivity index (χ0) is 18.2. The molecule has 7 nitrogen and oxygen atoms in total. The van der Waals surface area contributed by atoms with E-state index in [0.29, 0.717) is 24.9 Å². The second kappa shape index (κ2) is 9.31. The van der Waals surface area contributed by atoms with Gasteiger partial charge in [0.1, 0.15) is 12.4 Å². The van der Waals surface area contributed by atoms with Crippen LogP contribution in [-0.2, 0) is 4.74 Å². The van der Waals surface area contributed by atoms with Crippen LogP contribution in [0.4, 0.5) is 16.6 Å². The monoisotopic (exact) mass is 407 g/mol. The molecule has 0 radical (unpaired) electrons. The predicted molar refractivity (Wildman–Crippen MR) is 101 cm³/mol. The van der Waals surface area contributed by atoms with E-state index in [4.69, 9.17) is 4.74 Å². The van der Waals surface area contributed by atoms with Crippen LogP contribution in [0.1, 0.15) is 38.9 Å². The van der Waals surface area contributed by atoms with E-state index in [1.54, 1.807) is 18.5 Å². The number of cyclic esters (lactones) is 1. The van der Waals surface area contributed by atoms with Gasteiger partial charge in [-0.3, -0.25) is 9.88 Å². The predicted octanol–water partition coefficient (Wildman–Crippen LogP) is 4.18. The molecule has 0 aromatic carbocycles. The van der Waals surface area contributed by atoms with Gasteiger partial charge in [-0.2, -0.15) is 4.98 Å². The molecule has 134 valence electrons. The topological polar surface area (TPSA) is 80.2 Å². The maximum Gasteiger partial charge on any atom is 0.415 e. The molecule has 2 aromatic heterocycles. The van der Waals surface area contributed by atoms with Crippen molar-refractivity contribution in [3.63, 3.8) is 0 Å². The summed E-state index contributed by atoms with van der Waals surface area (Å²) in [4.78, 5) is 25.9. The maximum absolute atomic E-state index is 11.6. The molecule has 8 heteroatoms. The minimum Gasteiger partial charge on any atom is -0.447 e. The van der Waals surface area contributed by atoms with Crippen molar-refractivity contribution >= 4 is 33.8 Å². The number of anilines is 2. The minimum atomic E-state index is -0.382. The number of pyridine rings is 1. The summed E-state index contributed by atoms with van der Waals surface area (Å²) in [6.07, 6.45) is 4.22. The Morgan fingerprint density at radius 3 is 2.68 bits per heavy atom. The van der Waals surface area contributed by atoms with Gasteiger partial charge in [0.2, 0.25) is 5.95 Å². The highest BCUT2D eigenvalue weighted by Gasteiger charge is 2.25. The van der Waals surface area contributed by atoms with Gasteiger partial charge in [-0.25, -0.2) is 9.78 Å². The summed E-state index contributed by atoms with van der Waals surface area (Å²) >= 11 is 3.36. The normalized spacial score (nSPS) is 14.4. The average molecular weight is 408 g/mol. The second-order valence-corrected chi connectivity index (χ2v) is 6.39. The van der Waals surface area contributed by atoms with E-state index in [1.165, 1.54) is 11.3 Å². The molecule has 0 aliphatic carbocycles. The Labute approximate surface area is 156 Å². The number of amides is 1. The molecule has 1 N–H and O–H groups in total. The van der Waals surface area contributed by atoms with Gasteiger partial charge in [0, 0.05) is 16.9 Å². The first-order valence-electron chi connectivity index (χ1n) is 8.20. The molecule has 3 heterocycles. The summed E-state index contributed by atoms with van der Waals surface area (Å²) in [5.74, 6) is 0.963. The van der Waals surface area contributed by atoms with Crippen molar-refractivity contribution in [2.24, 2.45) is 0 Å². The zero-order valence-corrected chi connectivity index (χ0v) is 16.2. The van der Waals surface area contributed by atoms with Crippen molar-refractivity contribution in [3.8, 4) is 0 Å². The lowest BCUT2D eigenvalue weighted by Crippen LogP contribution is -2.25. The Kier molecular flexibility index (Phi) is 7.12. The van der Waals surface area contributed by atoms with Gasteiger partial charge in [-0.15, -0.1) is 0 Å². The van der Waals surface area contributed by atoms with Gasteiger partial charge in [-0.1, -0.05) is 20.3 Å². The van der Waals surface area contributed by atoms with Crippen LogP contribution in [0.3, 0.4) is 0 Å². The van der Waals surface area contributed by atoms with Crippen molar-refractivity contribution < 1.29 is 9.53 Å². The minimum absolute atomic E-state index is 0.0612. The number of nitrogens with one attached hydrogen (secondary N) is 1. The van der Waals surface area contributed by atoms with Crippen molar-refractivity contribution in [3.05, 3.63) is 40.8 Å². The fourth-order valence-electron chi connectivity index (χ4n) is 2.08. The van der Waals surface area contributed by atoms with Crippen LogP contribution in [0.15, 0.2) is 35.1 Å². The SMILES string of the molecule is CCC.C[C@H](Nc1nccc(N2CCOC2=O)n1)c1ccc(Br)cn1. The lowest BCUT2D eigenvalue weighted by atomic mass is 10.2. The first kappa shape index (κ1) is 19.1. The number of carbonyl (C=O) groups excluding carboxylic acids is 1. The summed E-state index contributed by atoms with van der Waals surface area (Å²) in [5.41, 5.74) is 0.873. The number of ether oxygens (including phenoxy) is 1.